The normalized spacial score (nSPS) is 13.4. The van der Waals surface area contributed by atoms with Crippen molar-refractivity contribution in [1.82, 2.24) is 4.98 Å². The highest BCUT2D eigenvalue weighted by atomic mass is 31.1. The topological polar surface area (TPSA) is 85.7 Å². The van der Waals surface area contributed by atoms with E-state index < -0.39 is 33.5 Å². The first-order valence-electron chi connectivity index (χ1n) is 18.4. The van der Waals surface area contributed by atoms with Gasteiger partial charge in [0.25, 0.3) is 8.32 Å². The number of aryl methyl sites for hydroxylation is 1. The summed E-state index contributed by atoms with van der Waals surface area (Å²) in [6, 6.07) is 34.7. The summed E-state index contributed by atoms with van der Waals surface area (Å²) in [4.78, 5) is 17.4. The molecular weight excluding hydrogens is 713 g/mol. The quantitative estimate of drug-likeness (QED) is 0.0776. The van der Waals surface area contributed by atoms with Gasteiger partial charge in [-0.1, -0.05) is 144 Å². The van der Waals surface area contributed by atoms with Gasteiger partial charge in [-0.3, -0.25) is 9.78 Å². The van der Waals surface area contributed by atoms with Gasteiger partial charge in [0.1, 0.15) is 11.9 Å². The molecule has 1 aromatic heterocycles. The van der Waals surface area contributed by atoms with Gasteiger partial charge in [-0.2, -0.15) is 0 Å². The number of hydrogen-bond donors (Lipinski definition) is 1. The summed E-state index contributed by atoms with van der Waals surface area (Å²) in [6.45, 7) is 10.3. The zero-order valence-corrected chi connectivity index (χ0v) is 33.3. The van der Waals surface area contributed by atoms with Crippen molar-refractivity contribution in [3.8, 4) is 34.2 Å². The van der Waals surface area contributed by atoms with Gasteiger partial charge < -0.3 is 9.53 Å². The van der Waals surface area contributed by atoms with Gasteiger partial charge in [0.05, 0.1) is 23.4 Å². The van der Waals surface area contributed by atoms with Crippen LogP contribution >= 0.6 is 8.03 Å². The van der Waals surface area contributed by atoms with Gasteiger partial charge in [0.2, 0.25) is 6.16 Å². The van der Waals surface area contributed by atoms with E-state index in [2.05, 4.69) is 58.6 Å². The zero-order chi connectivity index (χ0) is 38.5. The van der Waals surface area contributed by atoms with E-state index in [9.17, 15) is 18.9 Å². The molecule has 5 aromatic rings. The van der Waals surface area contributed by atoms with Gasteiger partial charge in [-0.25, -0.2) is 4.39 Å². The lowest BCUT2D eigenvalue weighted by atomic mass is 9.81. The summed E-state index contributed by atoms with van der Waals surface area (Å²) < 4.78 is 40.6. The fraction of sp³-hybridized carbons (Fsp3) is 0.289. The maximum Gasteiger partial charge on any atom is 0.511 e. The standard InChI is InChI=1S/C45H45FNO5PSi/c1-31(2)43-39(42(33-22-25-34(46)26-23-33)40-27-24-32-15-12-13-20-38(32)44(40)47-43)21-14-28-51-53(50)30-35(29-41(48)49)52-54(45(3,4)5,36-16-8-6-9-17-36)37-18-10-7-11-19-37/h6-13,15-20,22-23,25-26,31,35H,24,27-30H2,1-5H3/p+1/t35-/m0/s1. The highest BCUT2D eigenvalue weighted by Crippen LogP contribution is 2.42. The van der Waals surface area contributed by atoms with E-state index in [1.807, 2.05) is 72.8 Å². The average Bonchev–Trinajstić information content (AvgIpc) is 3.15. The zero-order valence-electron chi connectivity index (χ0n) is 31.4. The lowest BCUT2D eigenvalue weighted by Crippen LogP contribution is -2.68. The van der Waals surface area contributed by atoms with Crippen molar-refractivity contribution >= 4 is 32.7 Å². The molecule has 6 nitrogen and oxygen atoms in total. The molecule has 1 aliphatic rings. The lowest BCUT2D eigenvalue weighted by Gasteiger charge is -2.44. The van der Waals surface area contributed by atoms with Crippen molar-refractivity contribution in [3.05, 3.63) is 137 Å². The van der Waals surface area contributed by atoms with Gasteiger partial charge in [0.15, 0.2) is 6.61 Å². The molecule has 0 fully saturated rings. The number of fused-ring (bicyclic) bond motifs is 3. The Balaban J connectivity index is 1.31. The third-order valence-electron chi connectivity index (χ3n) is 9.93. The maximum atomic E-state index is 14.1. The van der Waals surface area contributed by atoms with Gasteiger partial charge in [-0.05, 0) is 67.6 Å². The van der Waals surface area contributed by atoms with E-state index in [1.54, 1.807) is 12.1 Å². The second-order valence-electron chi connectivity index (χ2n) is 15.0. The molecule has 0 saturated carbocycles. The molecule has 0 saturated heterocycles. The predicted molar refractivity (Wildman–Crippen MR) is 217 cm³/mol. The van der Waals surface area contributed by atoms with Crippen LogP contribution in [-0.2, 0) is 31.2 Å². The van der Waals surface area contributed by atoms with Gasteiger partial charge in [0, 0.05) is 11.1 Å². The van der Waals surface area contributed by atoms with Crippen molar-refractivity contribution in [3.63, 3.8) is 0 Å². The van der Waals surface area contributed by atoms with Crippen LogP contribution in [0.3, 0.4) is 0 Å². The minimum atomic E-state index is -3.13. The molecule has 0 radical (unpaired) electrons. The molecule has 0 amide bonds. The minimum absolute atomic E-state index is 0.0286. The Hall–Kier alpha value is -4.77. The maximum absolute atomic E-state index is 14.1. The third-order valence-corrected chi connectivity index (χ3v) is 16.1. The molecule has 1 aliphatic carbocycles. The fourth-order valence-electron chi connectivity index (χ4n) is 7.54. The van der Waals surface area contributed by atoms with Crippen LogP contribution < -0.4 is 10.4 Å². The second-order valence-corrected chi connectivity index (χ2v) is 20.5. The van der Waals surface area contributed by atoms with Crippen molar-refractivity contribution in [2.45, 2.75) is 70.9 Å². The Morgan fingerprint density at radius 2 is 1.52 bits per heavy atom. The first-order chi connectivity index (χ1) is 25.9. The number of aliphatic carboxylic acids is 1. The molecule has 0 bridgehead atoms. The molecule has 0 aliphatic heterocycles. The number of carboxylic acids is 1. The first kappa shape index (κ1) is 38.9. The number of carbonyl (C=O) groups is 1. The van der Waals surface area contributed by atoms with E-state index in [0.29, 0.717) is 0 Å². The van der Waals surface area contributed by atoms with Crippen LogP contribution in [0.25, 0.3) is 22.4 Å². The number of nitrogens with zero attached hydrogens (tertiary/aromatic N) is 1. The summed E-state index contributed by atoms with van der Waals surface area (Å²) in [5, 5.41) is 11.6. The summed E-state index contributed by atoms with van der Waals surface area (Å²) >= 11 is 0. The number of carboxylic acid groups (broad SMARTS) is 1. The largest absolute Gasteiger partial charge is 0.511 e. The van der Waals surface area contributed by atoms with Crippen molar-refractivity contribution in [2.75, 3.05) is 12.8 Å². The van der Waals surface area contributed by atoms with Crippen LogP contribution in [0.5, 0.6) is 0 Å². The van der Waals surface area contributed by atoms with Crippen molar-refractivity contribution < 1.29 is 27.8 Å². The van der Waals surface area contributed by atoms with E-state index in [-0.39, 0.29) is 30.9 Å². The Labute approximate surface area is 319 Å². The number of aromatic nitrogens is 1. The number of rotatable bonds is 12. The number of hydrogen-bond acceptors (Lipinski definition) is 5. The predicted octanol–water partition coefficient (Wildman–Crippen LogP) is 9.31. The van der Waals surface area contributed by atoms with Crippen LogP contribution in [0.1, 0.15) is 69.3 Å². The Morgan fingerprint density at radius 3 is 2.11 bits per heavy atom. The molecule has 6 rings (SSSR count). The lowest BCUT2D eigenvalue weighted by molar-refractivity contribution is -0.138. The van der Waals surface area contributed by atoms with Crippen LogP contribution in [0.15, 0.2) is 109 Å². The Bertz CT molecular complexity index is 2150. The molecule has 4 aromatic carbocycles. The summed E-state index contributed by atoms with van der Waals surface area (Å²) in [7, 11) is -5.47. The minimum Gasteiger partial charge on any atom is -0.481 e. The Kier molecular flexibility index (Phi) is 12.0. The second kappa shape index (κ2) is 16.7. The van der Waals surface area contributed by atoms with Gasteiger partial charge in [-0.15, -0.1) is 4.52 Å². The SMILES string of the molecule is CC(C)c1nc2c(c(-c3ccc(F)cc3)c1C#CCO[P+](=O)C[C@H](CC(=O)O)O[Si](c1ccccc1)(c1ccccc1)C(C)(C)C)CCc1ccccc1-2. The van der Waals surface area contributed by atoms with Crippen LogP contribution in [-0.4, -0.2) is 43.2 Å². The van der Waals surface area contributed by atoms with Gasteiger partial charge >= 0.3 is 14.0 Å². The molecule has 54 heavy (non-hydrogen) atoms. The molecule has 0 spiro atoms. The number of pyridine rings is 1. The van der Waals surface area contributed by atoms with E-state index in [0.717, 1.165) is 62.4 Å². The first-order valence-corrected chi connectivity index (χ1v) is 21.6. The number of benzene rings is 4. The summed E-state index contributed by atoms with van der Waals surface area (Å²) in [5.74, 6) is 5.08. The van der Waals surface area contributed by atoms with Crippen LogP contribution in [0.2, 0.25) is 5.04 Å². The molecule has 1 N–H and O–H groups in total. The molecule has 9 heteroatoms. The van der Waals surface area contributed by atoms with Crippen molar-refractivity contribution in [1.29, 1.82) is 0 Å². The molecular formula is C45H46FNO5PSi+. The molecule has 276 valence electrons. The average molecular weight is 759 g/mol. The smallest absolute Gasteiger partial charge is 0.481 e. The van der Waals surface area contributed by atoms with E-state index >= 15 is 0 Å². The van der Waals surface area contributed by atoms with Crippen LogP contribution in [0.4, 0.5) is 4.39 Å². The van der Waals surface area contributed by atoms with Crippen molar-refractivity contribution in [2.24, 2.45) is 0 Å². The fourth-order valence-corrected chi connectivity index (χ4v) is 13.2. The summed E-state index contributed by atoms with van der Waals surface area (Å²) in [5.41, 5.74) is 7.68. The Morgan fingerprint density at radius 1 is 0.907 bits per heavy atom. The molecule has 2 atom stereocenters. The van der Waals surface area contributed by atoms with E-state index in [1.165, 1.54) is 17.7 Å². The summed E-state index contributed by atoms with van der Waals surface area (Å²) in [6.07, 6.45) is 0.298. The molecule has 1 heterocycles. The monoisotopic (exact) mass is 758 g/mol. The van der Waals surface area contributed by atoms with E-state index in [4.69, 9.17) is 13.9 Å². The molecule has 1 unspecified atom stereocenters. The highest BCUT2D eigenvalue weighted by Gasteiger charge is 2.52. The highest BCUT2D eigenvalue weighted by molar-refractivity contribution is 7.39. The third kappa shape index (κ3) is 8.31. The number of halogens is 1. The van der Waals surface area contributed by atoms with Crippen LogP contribution in [0, 0.1) is 17.7 Å².